The molecule has 0 bridgehead atoms. The number of nitrogens with zero attached hydrogens (tertiary/aromatic N) is 3. The number of likely N-dealkylation sites (N-methyl/N-ethyl adjacent to an activating group) is 1. The van der Waals surface area contributed by atoms with Crippen LogP contribution in [-0.4, -0.2) is 46.9 Å². The first kappa shape index (κ1) is 15.2. The Balaban J connectivity index is 2.10. The van der Waals surface area contributed by atoms with Crippen LogP contribution in [0.2, 0.25) is 0 Å². The fraction of sp³-hybridized carbons (Fsp3) is 0.538. The van der Waals surface area contributed by atoms with Crippen LogP contribution in [0.4, 0.5) is 11.5 Å². The van der Waals surface area contributed by atoms with Crippen LogP contribution in [0.3, 0.4) is 0 Å². The number of nitro groups is 1. The van der Waals surface area contributed by atoms with Gasteiger partial charge < -0.3 is 16.0 Å². The first-order valence-electron chi connectivity index (χ1n) is 6.71. The Kier molecular flexibility index (Phi) is 4.08. The molecule has 2 rings (SSSR count). The maximum absolute atomic E-state index is 12.2. The van der Waals surface area contributed by atoms with Crippen LogP contribution >= 0.6 is 0 Å². The summed E-state index contributed by atoms with van der Waals surface area (Å²) >= 11 is 0. The van der Waals surface area contributed by atoms with E-state index in [0.717, 1.165) is 31.5 Å². The Labute approximate surface area is 122 Å². The van der Waals surface area contributed by atoms with Crippen molar-refractivity contribution in [2.24, 2.45) is 0 Å². The molecule has 1 aliphatic carbocycles. The standard InChI is InChI=1S/C13H19N5O3/c1-17(2)13(4-3-5-13)8-16-12(19)10-6-9(18(20)21)7-15-11(10)14/h6-7H,3-5,8H2,1-2H3,(H2,14,15)(H,16,19). The SMILES string of the molecule is CN(C)C1(CNC(=O)c2cc([N+](=O)[O-])cnc2N)CCC1. The molecule has 0 spiro atoms. The van der Waals surface area contributed by atoms with E-state index >= 15 is 0 Å². The molecule has 8 nitrogen and oxygen atoms in total. The van der Waals surface area contributed by atoms with Gasteiger partial charge in [-0.2, -0.15) is 0 Å². The largest absolute Gasteiger partial charge is 0.383 e. The average molecular weight is 293 g/mol. The first-order chi connectivity index (χ1) is 9.85. The molecular weight excluding hydrogens is 274 g/mol. The van der Waals surface area contributed by atoms with Crippen LogP contribution in [0.15, 0.2) is 12.3 Å². The normalized spacial score (nSPS) is 16.3. The average Bonchev–Trinajstić information content (AvgIpc) is 2.36. The molecule has 3 N–H and O–H groups in total. The van der Waals surface area contributed by atoms with Crippen molar-refractivity contribution in [2.75, 3.05) is 26.4 Å². The van der Waals surface area contributed by atoms with E-state index in [1.165, 1.54) is 0 Å². The summed E-state index contributed by atoms with van der Waals surface area (Å²) in [4.78, 5) is 28.1. The molecule has 1 aliphatic rings. The highest BCUT2D eigenvalue weighted by Crippen LogP contribution is 2.35. The second-order valence-electron chi connectivity index (χ2n) is 5.54. The molecule has 8 heteroatoms. The summed E-state index contributed by atoms with van der Waals surface area (Å²) in [5.74, 6) is -0.442. The van der Waals surface area contributed by atoms with Crippen molar-refractivity contribution in [2.45, 2.75) is 24.8 Å². The van der Waals surface area contributed by atoms with E-state index in [4.69, 9.17) is 5.73 Å². The lowest BCUT2D eigenvalue weighted by Gasteiger charge is -2.47. The van der Waals surface area contributed by atoms with Gasteiger partial charge in [0.2, 0.25) is 0 Å². The molecule has 0 unspecified atom stereocenters. The summed E-state index contributed by atoms with van der Waals surface area (Å²) < 4.78 is 0. The van der Waals surface area contributed by atoms with Crippen molar-refractivity contribution in [1.29, 1.82) is 0 Å². The third kappa shape index (κ3) is 2.94. The number of carbonyl (C=O) groups is 1. The molecule has 1 amide bonds. The minimum Gasteiger partial charge on any atom is -0.383 e. The third-order valence-electron chi connectivity index (χ3n) is 4.17. The zero-order chi connectivity index (χ0) is 15.6. The van der Waals surface area contributed by atoms with Crippen LogP contribution in [-0.2, 0) is 0 Å². The van der Waals surface area contributed by atoms with Crippen LogP contribution in [0.5, 0.6) is 0 Å². The first-order valence-corrected chi connectivity index (χ1v) is 6.71. The molecule has 0 saturated heterocycles. The highest BCUT2D eigenvalue weighted by atomic mass is 16.6. The molecule has 1 saturated carbocycles. The van der Waals surface area contributed by atoms with E-state index in [1.807, 2.05) is 14.1 Å². The van der Waals surface area contributed by atoms with E-state index in [1.54, 1.807) is 0 Å². The van der Waals surface area contributed by atoms with E-state index in [9.17, 15) is 14.9 Å². The van der Waals surface area contributed by atoms with E-state index in [2.05, 4.69) is 15.2 Å². The second kappa shape index (κ2) is 5.65. The molecule has 0 aliphatic heterocycles. The molecule has 1 fully saturated rings. The Morgan fingerprint density at radius 2 is 2.24 bits per heavy atom. The van der Waals surface area contributed by atoms with E-state index < -0.39 is 10.8 Å². The minimum absolute atomic E-state index is 0.00869. The van der Waals surface area contributed by atoms with Gasteiger partial charge in [-0.3, -0.25) is 14.9 Å². The minimum atomic E-state index is -0.601. The van der Waals surface area contributed by atoms with Gasteiger partial charge in [0, 0.05) is 18.2 Å². The maximum Gasteiger partial charge on any atom is 0.288 e. The maximum atomic E-state index is 12.2. The van der Waals surface area contributed by atoms with Gasteiger partial charge in [0.05, 0.1) is 10.5 Å². The Hall–Kier alpha value is -2.22. The number of aromatic nitrogens is 1. The van der Waals surface area contributed by atoms with Crippen molar-refractivity contribution in [3.05, 3.63) is 27.9 Å². The van der Waals surface area contributed by atoms with Gasteiger partial charge in [0.25, 0.3) is 11.6 Å². The van der Waals surface area contributed by atoms with Gasteiger partial charge in [-0.15, -0.1) is 0 Å². The van der Waals surface area contributed by atoms with Gasteiger partial charge in [-0.1, -0.05) is 0 Å². The van der Waals surface area contributed by atoms with Crippen LogP contribution in [0.25, 0.3) is 0 Å². The predicted octanol–water partition coefficient (Wildman–Crippen LogP) is 0.786. The summed E-state index contributed by atoms with van der Waals surface area (Å²) in [6.45, 7) is 0.487. The zero-order valence-corrected chi connectivity index (χ0v) is 12.1. The molecule has 0 aromatic carbocycles. The molecular formula is C13H19N5O3. The molecule has 21 heavy (non-hydrogen) atoms. The molecule has 1 aromatic heterocycles. The quantitative estimate of drug-likeness (QED) is 0.612. The lowest BCUT2D eigenvalue weighted by molar-refractivity contribution is -0.385. The number of pyridine rings is 1. The number of nitrogen functional groups attached to an aromatic ring is 1. The smallest absolute Gasteiger partial charge is 0.288 e. The Bertz CT molecular complexity index is 569. The third-order valence-corrected chi connectivity index (χ3v) is 4.17. The number of anilines is 1. The fourth-order valence-electron chi connectivity index (χ4n) is 2.45. The summed E-state index contributed by atoms with van der Waals surface area (Å²) in [7, 11) is 3.96. The number of rotatable bonds is 5. The van der Waals surface area contributed by atoms with Crippen molar-refractivity contribution < 1.29 is 9.72 Å². The van der Waals surface area contributed by atoms with E-state index in [-0.39, 0.29) is 22.6 Å². The summed E-state index contributed by atoms with van der Waals surface area (Å²) in [6, 6.07) is 1.15. The number of nitrogens with two attached hydrogens (primary N) is 1. The lowest BCUT2D eigenvalue weighted by atomic mass is 9.75. The number of amides is 1. The van der Waals surface area contributed by atoms with Crippen LogP contribution < -0.4 is 11.1 Å². The second-order valence-corrected chi connectivity index (χ2v) is 5.54. The van der Waals surface area contributed by atoms with E-state index in [0.29, 0.717) is 6.54 Å². The van der Waals surface area contributed by atoms with Gasteiger partial charge in [0.1, 0.15) is 12.0 Å². The van der Waals surface area contributed by atoms with Crippen molar-refractivity contribution in [1.82, 2.24) is 15.2 Å². The van der Waals surface area contributed by atoms with Crippen molar-refractivity contribution in [3.63, 3.8) is 0 Å². The lowest BCUT2D eigenvalue weighted by Crippen LogP contribution is -2.57. The number of carbonyl (C=O) groups excluding carboxylic acids is 1. The van der Waals surface area contributed by atoms with Gasteiger partial charge in [0.15, 0.2) is 0 Å². The topological polar surface area (TPSA) is 114 Å². The van der Waals surface area contributed by atoms with Gasteiger partial charge in [-0.05, 0) is 33.4 Å². The fourth-order valence-corrected chi connectivity index (χ4v) is 2.45. The molecule has 1 aromatic rings. The van der Waals surface area contributed by atoms with Gasteiger partial charge in [-0.25, -0.2) is 4.98 Å². The van der Waals surface area contributed by atoms with Crippen LogP contribution in [0.1, 0.15) is 29.6 Å². The number of hydrogen-bond donors (Lipinski definition) is 2. The highest BCUT2D eigenvalue weighted by Gasteiger charge is 2.39. The molecule has 0 atom stereocenters. The molecule has 1 heterocycles. The summed E-state index contributed by atoms with van der Waals surface area (Å²) in [5.41, 5.74) is 5.39. The van der Waals surface area contributed by atoms with Crippen molar-refractivity contribution in [3.8, 4) is 0 Å². The van der Waals surface area contributed by atoms with Gasteiger partial charge >= 0.3 is 0 Å². The summed E-state index contributed by atoms with van der Waals surface area (Å²) in [5, 5.41) is 13.5. The number of nitrogens with one attached hydrogen (secondary N) is 1. The monoisotopic (exact) mass is 293 g/mol. The number of hydrogen-bond acceptors (Lipinski definition) is 6. The summed E-state index contributed by atoms with van der Waals surface area (Å²) in [6.07, 6.45) is 4.21. The zero-order valence-electron chi connectivity index (χ0n) is 12.1. The molecule has 114 valence electrons. The molecule has 0 radical (unpaired) electrons. The van der Waals surface area contributed by atoms with Crippen molar-refractivity contribution >= 4 is 17.4 Å². The predicted molar refractivity (Wildman–Crippen MR) is 77.9 cm³/mol. The highest BCUT2D eigenvalue weighted by molar-refractivity contribution is 5.98. The Morgan fingerprint density at radius 1 is 1.57 bits per heavy atom. The van der Waals surface area contributed by atoms with Crippen LogP contribution in [0, 0.1) is 10.1 Å². The Morgan fingerprint density at radius 3 is 2.71 bits per heavy atom.